The summed E-state index contributed by atoms with van der Waals surface area (Å²) in [6, 6.07) is 0. The van der Waals surface area contributed by atoms with E-state index in [1.807, 2.05) is 0 Å². The zero-order valence-corrected chi connectivity index (χ0v) is 9.18. The van der Waals surface area contributed by atoms with E-state index in [0.717, 1.165) is 32.3 Å². The van der Waals surface area contributed by atoms with Crippen molar-refractivity contribution in [2.24, 2.45) is 11.5 Å². The van der Waals surface area contributed by atoms with Gasteiger partial charge in [0.25, 0.3) is 0 Å². The van der Waals surface area contributed by atoms with Crippen LogP contribution in [0, 0.1) is 0 Å². The predicted octanol–water partition coefficient (Wildman–Crippen LogP) is 1.61. The van der Waals surface area contributed by atoms with E-state index in [4.69, 9.17) is 16.2 Å². The van der Waals surface area contributed by atoms with Gasteiger partial charge in [-0.15, -0.1) is 0 Å². The Kier molecular flexibility index (Phi) is 6.29. The lowest BCUT2D eigenvalue weighted by molar-refractivity contribution is -0.00477. The SMILES string of the molecule is CC(C)(C)OCCCCCC(N)N. The van der Waals surface area contributed by atoms with Crippen LogP contribution >= 0.6 is 0 Å². The van der Waals surface area contributed by atoms with E-state index < -0.39 is 0 Å². The van der Waals surface area contributed by atoms with E-state index in [1.54, 1.807) is 0 Å². The maximum atomic E-state index is 5.57. The van der Waals surface area contributed by atoms with Gasteiger partial charge in [0, 0.05) is 6.61 Å². The molecule has 0 saturated heterocycles. The van der Waals surface area contributed by atoms with Crippen LogP contribution in [0.1, 0.15) is 46.5 Å². The van der Waals surface area contributed by atoms with Gasteiger partial charge in [-0.05, 0) is 33.6 Å². The van der Waals surface area contributed by atoms with Gasteiger partial charge in [0.1, 0.15) is 0 Å². The number of hydrogen-bond donors (Lipinski definition) is 2. The first-order valence-electron chi connectivity index (χ1n) is 5.07. The first-order chi connectivity index (χ1) is 5.92. The topological polar surface area (TPSA) is 61.3 Å². The van der Waals surface area contributed by atoms with E-state index in [9.17, 15) is 0 Å². The third-order valence-corrected chi connectivity index (χ3v) is 1.72. The Bertz CT molecular complexity index is 119. The van der Waals surface area contributed by atoms with E-state index in [0.29, 0.717) is 0 Å². The summed E-state index contributed by atoms with van der Waals surface area (Å²) >= 11 is 0. The zero-order chi connectivity index (χ0) is 10.3. The Balaban J connectivity index is 3.09. The van der Waals surface area contributed by atoms with Crippen molar-refractivity contribution in [3.05, 3.63) is 0 Å². The van der Waals surface area contributed by atoms with Crippen LogP contribution in [0.15, 0.2) is 0 Å². The summed E-state index contributed by atoms with van der Waals surface area (Å²) in [5.74, 6) is 0. The van der Waals surface area contributed by atoms with Crippen molar-refractivity contribution in [3.63, 3.8) is 0 Å². The van der Waals surface area contributed by atoms with Crippen molar-refractivity contribution in [1.29, 1.82) is 0 Å². The van der Waals surface area contributed by atoms with Crippen LogP contribution in [-0.4, -0.2) is 18.4 Å². The maximum absolute atomic E-state index is 5.57. The van der Waals surface area contributed by atoms with Gasteiger partial charge in [0.05, 0.1) is 11.8 Å². The summed E-state index contributed by atoms with van der Waals surface area (Å²) in [5, 5.41) is 0. The first-order valence-corrected chi connectivity index (χ1v) is 5.07. The molecule has 0 heterocycles. The Hall–Kier alpha value is -0.120. The van der Waals surface area contributed by atoms with E-state index in [2.05, 4.69) is 20.8 Å². The number of nitrogens with two attached hydrogens (primary N) is 2. The summed E-state index contributed by atoms with van der Waals surface area (Å²) < 4.78 is 5.57. The van der Waals surface area contributed by atoms with E-state index >= 15 is 0 Å². The molecule has 80 valence electrons. The van der Waals surface area contributed by atoms with Crippen molar-refractivity contribution in [2.45, 2.75) is 58.2 Å². The summed E-state index contributed by atoms with van der Waals surface area (Å²) in [6.07, 6.45) is 4.12. The first kappa shape index (κ1) is 12.9. The van der Waals surface area contributed by atoms with Crippen molar-refractivity contribution >= 4 is 0 Å². The van der Waals surface area contributed by atoms with Crippen LogP contribution < -0.4 is 11.5 Å². The Morgan fingerprint density at radius 1 is 1.08 bits per heavy atom. The molecule has 0 radical (unpaired) electrons. The van der Waals surface area contributed by atoms with Crippen LogP contribution in [-0.2, 0) is 4.74 Å². The minimum absolute atomic E-state index is 0.00965. The lowest BCUT2D eigenvalue weighted by Crippen LogP contribution is -2.29. The normalized spacial score (nSPS) is 12.5. The number of hydrogen-bond acceptors (Lipinski definition) is 3. The molecule has 0 atom stereocenters. The average molecular weight is 188 g/mol. The highest BCUT2D eigenvalue weighted by Crippen LogP contribution is 2.08. The minimum atomic E-state index is -0.150. The molecular formula is C10H24N2O. The summed E-state index contributed by atoms with van der Waals surface area (Å²) in [6.45, 7) is 7.05. The van der Waals surface area contributed by atoms with Crippen molar-refractivity contribution in [2.75, 3.05) is 6.61 Å². The quantitative estimate of drug-likeness (QED) is 0.491. The molecule has 3 nitrogen and oxygen atoms in total. The van der Waals surface area contributed by atoms with Gasteiger partial charge in [-0.3, -0.25) is 0 Å². The van der Waals surface area contributed by atoms with Gasteiger partial charge in [-0.2, -0.15) is 0 Å². The highest BCUT2D eigenvalue weighted by Gasteiger charge is 2.08. The Morgan fingerprint density at radius 2 is 1.69 bits per heavy atom. The molecule has 0 saturated carbocycles. The lowest BCUT2D eigenvalue weighted by Gasteiger charge is -2.19. The van der Waals surface area contributed by atoms with Crippen molar-refractivity contribution < 1.29 is 4.74 Å². The van der Waals surface area contributed by atoms with Crippen LogP contribution in [0.25, 0.3) is 0 Å². The molecule has 0 spiro atoms. The van der Waals surface area contributed by atoms with Gasteiger partial charge < -0.3 is 16.2 Å². The molecule has 13 heavy (non-hydrogen) atoms. The number of ether oxygens (including phenoxy) is 1. The van der Waals surface area contributed by atoms with Gasteiger partial charge in [0.2, 0.25) is 0 Å². The molecule has 0 bridgehead atoms. The molecule has 0 aliphatic carbocycles. The molecular weight excluding hydrogens is 164 g/mol. The molecule has 0 amide bonds. The van der Waals surface area contributed by atoms with Crippen LogP contribution in [0.4, 0.5) is 0 Å². The average Bonchev–Trinajstić information content (AvgIpc) is 1.93. The third-order valence-electron chi connectivity index (χ3n) is 1.72. The summed E-state index contributed by atoms with van der Waals surface area (Å²) in [5.41, 5.74) is 10.8. The standard InChI is InChI=1S/C10H24N2O/c1-10(2,3)13-8-6-4-5-7-9(11)12/h9H,4-8,11-12H2,1-3H3. The fourth-order valence-electron chi connectivity index (χ4n) is 1.04. The highest BCUT2D eigenvalue weighted by atomic mass is 16.5. The summed E-state index contributed by atoms with van der Waals surface area (Å²) in [4.78, 5) is 0. The highest BCUT2D eigenvalue weighted by molar-refractivity contribution is 4.58. The van der Waals surface area contributed by atoms with Crippen molar-refractivity contribution in [1.82, 2.24) is 0 Å². The second-order valence-electron chi connectivity index (χ2n) is 4.47. The monoisotopic (exact) mass is 188 g/mol. The third kappa shape index (κ3) is 11.9. The number of unbranched alkanes of at least 4 members (excludes halogenated alkanes) is 2. The second-order valence-corrected chi connectivity index (χ2v) is 4.47. The summed E-state index contributed by atoms with van der Waals surface area (Å²) in [7, 11) is 0. The second kappa shape index (κ2) is 6.35. The molecule has 0 unspecified atom stereocenters. The van der Waals surface area contributed by atoms with Gasteiger partial charge in [-0.25, -0.2) is 0 Å². The molecule has 0 fully saturated rings. The maximum Gasteiger partial charge on any atom is 0.0598 e. The van der Waals surface area contributed by atoms with E-state index in [1.165, 1.54) is 0 Å². The fourth-order valence-corrected chi connectivity index (χ4v) is 1.04. The molecule has 0 aromatic heterocycles. The molecule has 0 aromatic rings. The van der Waals surface area contributed by atoms with Gasteiger partial charge in [0.15, 0.2) is 0 Å². The van der Waals surface area contributed by atoms with Crippen LogP contribution in [0.2, 0.25) is 0 Å². The lowest BCUT2D eigenvalue weighted by atomic mass is 10.1. The van der Waals surface area contributed by atoms with Gasteiger partial charge in [-0.1, -0.05) is 12.8 Å². The van der Waals surface area contributed by atoms with E-state index in [-0.39, 0.29) is 11.8 Å². The van der Waals surface area contributed by atoms with Crippen LogP contribution in [0.3, 0.4) is 0 Å². The largest absolute Gasteiger partial charge is 0.376 e. The zero-order valence-electron chi connectivity index (χ0n) is 9.18. The molecule has 4 N–H and O–H groups in total. The number of rotatable bonds is 6. The van der Waals surface area contributed by atoms with Gasteiger partial charge >= 0.3 is 0 Å². The fraction of sp³-hybridized carbons (Fsp3) is 1.00. The molecule has 0 aliphatic heterocycles. The Labute approximate surface area is 81.8 Å². The molecule has 3 heteroatoms. The molecule has 0 aliphatic rings. The Morgan fingerprint density at radius 3 is 2.15 bits per heavy atom. The van der Waals surface area contributed by atoms with Crippen LogP contribution in [0.5, 0.6) is 0 Å². The smallest absolute Gasteiger partial charge is 0.0598 e. The van der Waals surface area contributed by atoms with Crippen molar-refractivity contribution in [3.8, 4) is 0 Å². The molecule has 0 aromatic carbocycles. The predicted molar refractivity (Wildman–Crippen MR) is 56.3 cm³/mol. The molecule has 0 rings (SSSR count). The minimum Gasteiger partial charge on any atom is -0.376 e.